The number of carbonyl (C=O) groups is 3. The first kappa shape index (κ1) is 16.0. The summed E-state index contributed by atoms with van der Waals surface area (Å²) in [5, 5.41) is 0. The first-order valence-electron chi connectivity index (χ1n) is 7.24. The van der Waals surface area contributed by atoms with Gasteiger partial charge in [-0.2, -0.15) is 0 Å². The van der Waals surface area contributed by atoms with Crippen LogP contribution in [0.15, 0.2) is 30.3 Å². The van der Waals surface area contributed by atoms with E-state index in [2.05, 4.69) is 0 Å². The molecule has 0 spiro atoms. The average molecular weight is 304 g/mol. The Hall–Kier alpha value is -2.37. The third kappa shape index (κ3) is 4.07. The van der Waals surface area contributed by atoms with Gasteiger partial charge in [0.2, 0.25) is 11.8 Å². The number of hydrogen-bond acceptors (Lipinski definition) is 4. The molecule has 0 atom stereocenters. The van der Waals surface area contributed by atoms with Crippen molar-refractivity contribution in [2.24, 2.45) is 0 Å². The Bertz CT molecular complexity index is 557. The van der Waals surface area contributed by atoms with Crippen molar-refractivity contribution < 1.29 is 19.1 Å². The van der Waals surface area contributed by atoms with Crippen molar-refractivity contribution in [3.63, 3.8) is 0 Å². The molecular weight excluding hydrogens is 284 g/mol. The summed E-state index contributed by atoms with van der Waals surface area (Å²) in [7, 11) is 0. The standard InChI is InChI=1S/C16H20N2O4/c1-12(2)18-9-14(19)17(8-15(18)20)10-16(21)22-11-13-6-4-3-5-7-13/h3-7,12H,8-11H2,1-2H3. The molecule has 1 aliphatic rings. The van der Waals surface area contributed by atoms with E-state index in [1.54, 1.807) is 0 Å². The van der Waals surface area contributed by atoms with Crippen LogP contribution in [-0.2, 0) is 25.7 Å². The summed E-state index contributed by atoms with van der Waals surface area (Å²) in [5.74, 6) is -0.890. The average Bonchev–Trinajstić information content (AvgIpc) is 2.49. The number of amides is 2. The van der Waals surface area contributed by atoms with E-state index in [4.69, 9.17) is 4.74 Å². The van der Waals surface area contributed by atoms with Gasteiger partial charge < -0.3 is 14.5 Å². The van der Waals surface area contributed by atoms with Crippen molar-refractivity contribution in [2.75, 3.05) is 19.6 Å². The van der Waals surface area contributed by atoms with Gasteiger partial charge >= 0.3 is 5.97 Å². The largest absolute Gasteiger partial charge is 0.459 e. The Kier molecular flexibility index (Phi) is 5.14. The van der Waals surface area contributed by atoms with Gasteiger partial charge in [0, 0.05) is 6.04 Å². The summed E-state index contributed by atoms with van der Waals surface area (Å²) in [6.45, 7) is 3.63. The zero-order valence-corrected chi connectivity index (χ0v) is 12.8. The monoisotopic (exact) mass is 304 g/mol. The highest BCUT2D eigenvalue weighted by molar-refractivity contribution is 5.94. The molecule has 22 heavy (non-hydrogen) atoms. The highest BCUT2D eigenvalue weighted by atomic mass is 16.5. The maximum absolute atomic E-state index is 12.0. The zero-order valence-electron chi connectivity index (χ0n) is 12.8. The van der Waals surface area contributed by atoms with Crippen LogP contribution in [0.25, 0.3) is 0 Å². The summed E-state index contributed by atoms with van der Waals surface area (Å²) in [6, 6.07) is 9.27. The molecule has 0 aliphatic carbocycles. The fourth-order valence-electron chi connectivity index (χ4n) is 2.23. The molecule has 1 heterocycles. The predicted octanol–water partition coefficient (Wildman–Crippen LogP) is 0.809. The molecule has 118 valence electrons. The molecule has 0 bridgehead atoms. The van der Waals surface area contributed by atoms with Crippen LogP contribution < -0.4 is 0 Å². The van der Waals surface area contributed by atoms with Gasteiger partial charge in [0.1, 0.15) is 26.2 Å². The Morgan fingerprint density at radius 1 is 1.14 bits per heavy atom. The Balaban J connectivity index is 1.84. The van der Waals surface area contributed by atoms with Gasteiger partial charge in [0.25, 0.3) is 0 Å². The minimum Gasteiger partial charge on any atom is -0.459 e. The van der Waals surface area contributed by atoms with Crippen molar-refractivity contribution in [3.8, 4) is 0 Å². The molecule has 1 aromatic rings. The van der Waals surface area contributed by atoms with Crippen LogP contribution in [0.5, 0.6) is 0 Å². The zero-order chi connectivity index (χ0) is 16.1. The van der Waals surface area contributed by atoms with Crippen molar-refractivity contribution >= 4 is 17.8 Å². The smallest absolute Gasteiger partial charge is 0.325 e. The molecule has 2 amide bonds. The number of esters is 1. The van der Waals surface area contributed by atoms with Crippen LogP contribution in [0, 0.1) is 0 Å². The minimum atomic E-state index is -0.511. The van der Waals surface area contributed by atoms with Crippen LogP contribution in [-0.4, -0.2) is 53.3 Å². The van der Waals surface area contributed by atoms with E-state index in [0.29, 0.717) is 0 Å². The summed E-state index contributed by atoms with van der Waals surface area (Å²) in [5.41, 5.74) is 0.878. The quantitative estimate of drug-likeness (QED) is 0.755. The number of benzene rings is 1. The molecule has 1 fully saturated rings. The number of nitrogens with zero attached hydrogens (tertiary/aromatic N) is 2. The Morgan fingerprint density at radius 2 is 1.82 bits per heavy atom. The lowest BCUT2D eigenvalue weighted by atomic mass is 10.2. The molecular formula is C16H20N2O4. The van der Waals surface area contributed by atoms with Crippen LogP contribution >= 0.6 is 0 Å². The molecule has 1 saturated heterocycles. The fourth-order valence-corrected chi connectivity index (χ4v) is 2.23. The summed E-state index contributed by atoms with van der Waals surface area (Å²) < 4.78 is 5.13. The number of piperazine rings is 1. The van der Waals surface area contributed by atoms with Gasteiger partial charge in [-0.3, -0.25) is 14.4 Å². The SMILES string of the molecule is CC(C)N1CC(=O)N(CC(=O)OCc2ccccc2)CC1=O. The second-order valence-electron chi connectivity index (χ2n) is 5.51. The second kappa shape index (κ2) is 7.06. The van der Waals surface area contributed by atoms with Gasteiger partial charge in [-0.05, 0) is 19.4 Å². The van der Waals surface area contributed by atoms with Gasteiger partial charge in [-0.15, -0.1) is 0 Å². The predicted molar refractivity (Wildman–Crippen MR) is 79.7 cm³/mol. The molecule has 1 aromatic carbocycles. The first-order chi connectivity index (χ1) is 10.5. The van der Waals surface area contributed by atoms with Crippen LogP contribution in [0.1, 0.15) is 19.4 Å². The summed E-state index contributed by atoms with van der Waals surface area (Å²) in [4.78, 5) is 38.5. The third-order valence-electron chi connectivity index (χ3n) is 3.49. The highest BCUT2D eigenvalue weighted by Gasteiger charge is 2.32. The van der Waals surface area contributed by atoms with Crippen molar-refractivity contribution in [1.82, 2.24) is 9.80 Å². The van der Waals surface area contributed by atoms with Gasteiger partial charge in [-0.1, -0.05) is 30.3 Å². The van der Waals surface area contributed by atoms with E-state index < -0.39 is 5.97 Å². The van der Waals surface area contributed by atoms with Crippen molar-refractivity contribution in [2.45, 2.75) is 26.5 Å². The number of hydrogen-bond donors (Lipinski definition) is 0. The second-order valence-corrected chi connectivity index (χ2v) is 5.51. The van der Waals surface area contributed by atoms with Gasteiger partial charge in [0.15, 0.2) is 0 Å². The molecule has 0 aromatic heterocycles. The maximum Gasteiger partial charge on any atom is 0.325 e. The molecule has 0 unspecified atom stereocenters. The van der Waals surface area contributed by atoms with E-state index >= 15 is 0 Å². The maximum atomic E-state index is 12.0. The molecule has 0 radical (unpaired) electrons. The number of carbonyl (C=O) groups excluding carboxylic acids is 3. The molecule has 0 N–H and O–H groups in total. The van der Waals surface area contributed by atoms with Crippen LogP contribution in [0.3, 0.4) is 0 Å². The van der Waals surface area contributed by atoms with Crippen molar-refractivity contribution in [3.05, 3.63) is 35.9 Å². The third-order valence-corrected chi connectivity index (χ3v) is 3.49. The summed E-state index contributed by atoms with van der Waals surface area (Å²) >= 11 is 0. The highest BCUT2D eigenvalue weighted by Crippen LogP contribution is 2.09. The number of rotatable bonds is 5. The van der Waals surface area contributed by atoms with Gasteiger partial charge in [0.05, 0.1) is 0 Å². The Morgan fingerprint density at radius 3 is 2.45 bits per heavy atom. The number of ether oxygens (including phenoxy) is 1. The molecule has 2 rings (SSSR count). The van der Waals surface area contributed by atoms with E-state index in [-0.39, 0.29) is 44.1 Å². The lowest BCUT2D eigenvalue weighted by Crippen LogP contribution is -2.56. The van der Waals surface area contributed by atoms with E-state index in [1.165, 1.54) is 9.80 Å². The van der Waals surface area contributed by atoms with E-state index in [0.717, 1.165) is 5.56 Å². The van der Waals surface area contributed by atoms with E-state index in [9.17, 15) is 14.4 Å². The van der Waals surface area contributed by atoms with Gasteiger partial charge in [-0.25, -0.2) is 0 Å². The lowest BCUT2D eigenvalue weighted by Gasteiger charge is -2.35. The lowest BCUT2D eigenvalue weighted by molar-refractivity contribution is -0.157. The van der Waals surface area contributed by atoms with E-state index in [1.807, 2.05) is 44.2 Å². The normalized spacial score (nSPS) is 15.4. The first-order valence-corrected chi connectivity index (χ1v) is 7.24. The summed E-state index contributed by atoms with van der Waals surface area (Å²) in [6.07, 6.45) is 0. The molecule has 1 aliphatic heterocycles. The fraction of sp³-hybridized carbons (Fsp3) is 0.438. The molecule has 6 heteroatoms. The van der Waals surface area contributed by atoms with Crippen LogP contribution in [0.4, 0.5) is 0 Å². The minimum absolute atomic E-state index is 0.0163. The topological polar surface area (TPSA) is 66.9 Å². The van der Waals surface area contributed by atoms with Crippen LogP contribution in [0.2, 0.25) is 0 Å². The molecule has 6 nitrogen and oxygen atoms in total. The van der Waals surface area contributed by atoms with Crippen molar-refractivity contribution in [1.29, 1.82) is 0 Å². The Labute approximate surface area is 129 Å². The molecule has 0 saturated carbocycles.